The van der Waals surface area contributed by atoms with Gasteiger partial charge in [-0.05, 0) is 35.9 Å². The van der Waals surface area contributed by atoms with Crippen LogP contribution in [0.5, 0.6) is 0 Å². The zero-order valence-corrected chi connectivity index (χ0v) is 19.0. The number of halogens is 4. The molecule has 0 bridgehead atoms. The number of nitrogens with one attached hydrogen (secondary N) is 2. The van der Waals surface area contributed by atoms with Gasteiger partial charge in [0.05, 0.1) is 11.3 Å². The maximum Gasteiger partial charge on any atom is 0.419 e. The third kappa shape index (κ3) is 7.36. The molecule has 0 saturated carbocycles. The van der Waals surface area contributed by atoms with Crippen LogP contribution >= 0.6 is 0 Å². The molecule has 3 rings (SSSR count). The number of carbonyl (C=O) groups excluding carboxylic acids is 1. The molecule has 186 valence electrons. The van der Waals surface area contributed by atoms with Gasteiger partial charge >= 0.3 is 6.18 Å². The quantitative estimate of drug-likeness (QED) is 0.433. The largest absolute Gasteiger partial charge is 0.419 e. The third-order valence-electron chi connectivity index (χ3n) is 4.62. The summed E-state index contributed by atoms with van der Waals surface area (Å²) in [5.41, 5.74) is -5.23. The number of benzene rings is 1. The van der Waals surface area contributed by atoms with Gasteiger partial charge in [-0.2, -0.15) is 18.4 Å². The smallest absolute Gasteiger partial charge is 0.374 e. The minimum Gasteiger partial charge on any atom is -0.374 e. The molecule has 0 spiro atoms. The summed E-state index contributed by atoms with van der Waals surface area (Å²) >= 11 is 0. The lowest BCUT2D eigenvalue weighted by Gasteiger charge is -2.27. The van der Waals surface area contributed by atoms with E-state index in [-0.39, 0.29) is 5.56 Å². The second kappa shape index (κ2) is 11.1. The van der Waals surface area contributed by atoms with Crippen LogP contribution in [0.25, 0.3) is 0 Å². The number of pyridine rings is 1. The lowest BCUT2D eigenvalue weighted by molar-refractivity contribution is -0.137. The first-order valence-electron chi connectivity index (χ1n) is 9.88. The fraction of sp³-hybridized carbons (Fsp3) is 0.227. The Morgan fingerprint density at radius 2 is 1.77 bits per heavy atom. The van der Waals surface area contributed by atoms with Gasteiger partial charge in [0, 0.05) is 18.1 Å². The van der Waals surface area contributed by atoms with E-state index in [0.29, 0.717) is 6.07 Å². The normalized spacial score (nSPS) is 13.1. The topological polar surface area (TPSA) is 136 Å². The first-order valence-corrected chi connectivity index (χ1v) is 11.7. The van der Waals surface area contributed by atoms with Crippen molar-refractivity contribution in [3.63, 3.8) is 0 Å². The summed E-state index contributed by atoms with van der Waals surface area (Å²) in [6.07, 6.45) is -1.39. The van der Waals surface area contributed by atoms with Gasteiger partial charge < -0.3 is 15.4 Å². The average Bonchev–Trinajstić information content (AvgIpc) is 3.24. The van der Waals surface area contributed by atoms with Gasteiger partial charge in [-0.1, -0.05) is 25.1 Å². The molecule has 1 amide bonds. The number of aromatic amines is 1. The Morgan fingerprint density at radius 1 is 1.17 bits per heavy atom. The highest BCUT2D eigenvalue weighted by molar-refractivity contribution is 7.91. The van der Waals surface area contributed by atoms with Crippen molar-refractivity contribution in [2.45, 2.75) is 18.7 Å². The number of H-pyrrole nitrogens is 1. The number of hydrogen-bond acceptors (Lipinski definition) is 6. The molecule has 13 heteroatoms. The van der Waals surface area contributed by atoms with Gasteiger partial charge in [-0.25, -0.2) is 12.8 Å². The summed E-state index contributed by atoms with van der Waals surface area (Å²) in [5, 5.41) is 21.6. The van der Waals surface area contributed by atoms with E-state index in [2.05, 4.69) is 4.98 Å². The van der Waals surface area contributed by atoms with Crippen molar-refractivity contribution < 1.29 is 35.9 Å². The number of amides is 1. The number of nitriles is 1. The van der Waals surface area contributed by atoms with E-state index in [1.807, 2.05) is 28.5 Å². The Morgan fingerprint density at radius 3 is 2.17 bits per heavy atom. The molecule has 1 aromatic carbocycles. The molecular formula is C22H20F4N4O4S. The van der Waals surface area contributed by atoms with Crippen LogP contribution in [-0.4, -0.2) is 40.9 Å². The summed E-state index contributed by atoms with van der Waals surface area (Å²) in [6, 6.07) is 11.2. The second-order valence-electron chi connectivity index (χ2n) is 7.10. The lowest BCUT2D eigenvalue weighted by Crippen LogP contribution is -2.46. The molecule has 8 nitrogen and oxygen atoms in total. The van der Waals surface area contributed by atoms with Gasteiger partial charge in [-0.3, -0.25) is 9.78 Å². The standard InChI is InChI=1S/C17H15F4N3O4S.C5H5N/c1-2-29(27,28)9-16(26,10-3-5-11(18)6-4-10)15(25)24-14-7-12(17(19,20)21)13(8-22)23-14;1-2-4-6-5-3-1/h3-7,23,26H,2,9H2,1H3,(H,24,25);1-5H. The van der Waals surface area contributed by atoms with Gasteiger partial charge in [0.1, 0.15) is 23.4 Å². The Labute approximate surface area is 198 Å². The highest BCUT2D eigenvalue weighted by Gasteiger charge is 2.43. The highest BCUT2D eigenvalue weighted by atomic mass is 32.2. The number of alkyl halides is 3. The zero-order chi connectivity index (χ0) is 26.3. The van der Waals surface area contributed by atoms with Gasteiger partial charge in [-0.15, -0.1) is 0 Å². The number of sulfone groups is 1. The minimum absolute atomic E-state index is 0.281. The van der Waals surface area contributed by atoms with Crippen molar-refractivity contribution in [1.29, 1.82) is 5.26 Å². The molecule has 0 fully saturated rings. The predicted molar refractivity (Wildman–Crippen MR) is 118 cm³/mol. The number of anilines is 1. The second-order valence-corrected chi connectivity index (χ2v) is 9.46. The molecule has 2 heterocycles. The van der Waals surface area contributed by atoms with Crippen LogP contribution in [0.1, 0.15) is 23.7 Å². The number of rotatable bonds is 6. The van der Waals surface area contributed by atoms with Crippen molar-refractivity contribution in [1.82, 2.24) is 9.97 Å². The number of hydrogen-bond donors (Lipinski definition) is 3. The molecule has 3 N–H and O–H groups in total. The minimum atomic E-state index is -4.89. The summed E-state index contributed by atoms with van der Waals surface area (Å²) in [5.74, 6) is -4.18. The molecule has 2 aromatic heterocycles. The summed E-state index contributed by atoms with van der Waals surface area (Å²) in [7, 11) is -3.95. The van der Waals surface area contributed by atoms with E-state index in [1.165, 1.54) is 13.0 Å². The lowest BCUT2D eigenvalue weighted by atomic mass is 9.95. The molecule has 0 aliphatic rings. The molecule has 0 radical (unpaired) electrons. The number of aliphatic hydroxyl groups is 1. The summed E-state index contributed by atoms with van der Waals surface area (Å²) < 4.78 is 76.1. The van der Waals surface area contributed by atoms with Crippen molar-refractivity contribution in [2.24, 2.45) is 0 Å². The Hall–Kier alpha value is -3.76. The van der Waals surface area contributed by atoms with Gasteiger partial charge in [0.2, 0.25) is 0 Å². The molecule has 0 aliphatic heterocycles. The molecule has 1 atom stereocenters. The maximum absolute atomic E-state index is 13.2. The van der Waals surface area contributed by atoms with Gasteiger partial charge in [0.15, 0.2) is 15.4 Å². The van der Waals surface area contributed by atoms with Crippen molar-refractivity contribution in [2.75, 3.05) is 16.8 Å². The number of carbonyl (C=O) groups is 1. The number of nitrogens with zero attached hydrogens (tertiary/aromatic N) is 2. The van der Waals surface area contributed by atoms with Crippen LogP contribution in [0.3, 0.4) is 0 Å². The molecule has 35 heavy (non-hydrogen) atoms. The maximum atomic E-state index is 13.2. The molecule has 0 saturated heterocycles. The summed E-state index contributed by atoms with van der Waals surface area (Å²) in [6.45, 7) is 1.28. The van der Waals surface area contributed by atoms with Crippen LogP contribution < -0.4 is 5.32 Å². The Kier molecular flexibility index (Phi) is 8.72. The van der Waals surface area contributed by atoms with Crippen LogP contribution in [0, 0.1) is 17.1 Å². The van der Waals surface area contributed by atoms with Crippen molar-refractivity contribution in [3.8, 4) is 6.07 Å². The Bertz CT molecular complexity index is 1260. The molecule has 0 aliphatic carbocycles. The zero-order valence-electron chi connectivity index (χ0n) is 18.2. The first kappa shape index (κ1) is 27.5. The van der Waals surface area contributed by atoms with Crippen LogP contribution in [0.15, 0.2) is 60.9 Å². The molecule has 3 aromatic rings. The fourth-order valence-electron chi connectivity index (χ4n) is 2.80. The predicted octanol–water partition coefficient (Wildman–Crippen LogP) is 3.39. The average molecular weight is 512 g/mol. The van der Waals surface area contributed by atoms with Gasteiger partial charge in [0.25, 0.3) is 5.91 Å². The SMILES string of the molecule is CCS(=O)(=O)CC(O)(C(=O)Nc1cc(C(F)(F)F)c(C#N)[nH]1)c1ccc(F)cc1.c1ccncc1. The van der Waals surface area contributed by atoms with E-state index in [1.54, 1.807) is 12.4 Å². The monoisotopic (exact) mass is 512 g/mol. The highest BCUT2D eigenvalue weighted by Crippen LogP contribution is 2.34. The van der Waals surface area contributed by atoms with E-state index in [9.17, 15) is 35.9 Å². The van der Waals surface area contributed by atoms with Crippen molar-refractivity contribution in [3.05, 3.63) is 83.6 Å². The first-order chi connectivity index (χ1) is 16.3. The summed E-state index contributed by atoms with van der Waals surface area (Å²) in [4.78, 5) is 18.5. The van der Waals surface area contributed by atoms with Crippen molar-refractivity contribution >= 4 is 21.6 Å². The number of aromatic nitrogens is 2. The Balaban J connectivity index is 0.000000625. The van der Waals surface area contributed by atoms with E-state index in [0.717, 1.165) is 24.3 Å². The molecule has 1 unspecified atom stereocenters. The van der Waals surface area contributed by atoms with Crippen LogP contribution in [-0.2, 0) is 26.4 Å². The molecular weight excluding hydrogens is 492 g/mol. The van der Waals surface area contributed by atoms with Crippen LogP contribution in [0.4, 0.5) is 23.4 Å². The van der Waals surface area contributed by atoms with E-state index in [4.69, 9.17) is 5.26 Å². The van der Waals surface area contributed by atoms with Crippen LogP contribution in [0.2, 0.25) is 0 Å². The third-order valence-corrected chi connectivity index (χ3v) is 6.35. The fourth-order valence-corrected chi connectivity index (χ4v) is 3.94. The van der Waals surface area contributed by atoms with E-state index >= 15 is 0 Å². The van der Waals surface area contributed by atoms with E-state index < -0.39 is 61.9 Å².